The molecule has 2 rings (SSSR count). The van der Waals surface area contributed by atoms with Gasteiger partial charge < -0.3 is 5.32 Å². The van der Waals surface area contributed by atoms with Crippen LogP contribution in [0.2, 0.25) is 0 Å². The minimum absolute atomic E-state index is 0.254. The van der Waals surface area contributed by atoms with Crippen molar-refractivity contribution in [1.82, 2.24) is 4.98 Å². The predicted octanol–water partition coefficient (Wildman–Crippen LogP) is 3.97. The minimum Gasteiger partial charge on any atom is -0.377 e. The summed E-state index contributed by atoms with van der Waals surface area (Å²) in [5, 5.41) is 6.01. The average molecular weight is 301 g/mol. The van der Waals surface area contributed by atoms with Gasteiger partial charge in [0.25, 0.3) is 0 Å². The first-order chi connectivity index (χ1) is 7.65. The maximum Gasteiger partial charge on any atom is 0.146 e. The zero-order chi connectivity index (χ0) is 11.5. The Hall–Kier alpha value is -0.940. The third-order valence-electron chi connectivity index (χ3n) is 2.05. The van der Waals surface area contributed by atoms with Crippen molar-refractivity contribution >= 4 is 33.0 Å². The molecule has 5 heteroatoms. The molecule has 1 aromatic heterocycles. The molecular weight excluding hydrogens is 291 g/mol. The van der Waals surface area contributed by atoms with Gasteiger partial charge in [-0.3, -0.25) is 0 Å². The number of rotatable bonds is 3. The van der Waals surface area contributed by atoms with Gasteiger partial charge in [-0.15, -0.1) is 11.3 Å². The van der Waals surface area contributed by atoms with E-state index in [-0.39, 0.29) is 5.82 Å². The van der Waals surface area contributed by atoms with Crippen LogP contribution < -0.4 is 5.32 Å². The SMILES string of the molecule is Cc1nc(CNc2cc(Br)ccc2F)cs1. The number of aryl methyl sites for hydroxylation is 1. The molecule has 0 unspecified atom stereocenters. The number of halogens is 2. The van der Waals surface area contributed by atoms with Crippen LogP contribution in [-0.2, 0) is 6.54 Å². The molecule has 2 aromatic rings. The van der Waals surface area contributed by atoms with Crippen molar-refractivity contribution in [2.45, 2.75) is 13.5 Å². The molecule has 0 atom stereocenters. The molecule has 0 bridgehead atoms. The third-order valence-corrected chi connectivity index (χ3v) is 3.37. The minimum atomic E-state index is -0.254. The summed E-state index contributed by atoms with van der Waals surface area (Å²) in [6.45, 7) is 2.49. The topological polar surface area (TPSA) is 24.9 Å². The van der Waals surface area contributed by atoms with Gasteiger partial charge >= 0.3 is 0 Å². The number of nitrogens with one attached hydrogen (secondary N) is 1. The summed E-state index contributed by atoms with van der Waals surface area (Å²) in [6.07, 6.45) is 0. The maximum absolute atomic E-state index is 13.4. The summed E-state index contributed by atoms with van der Waals surface area (Å²) < 4.78 is 14.2. The molecule has 1 heterocycles. The molecule has 1 N–H and O–H groups in total. The van der Waals surface area contributed by atoms with Crippen molar-refractivity contribution in [2.75, 3.05) is 5.32 Å². The molecule has 0 amide bonds. The lowest BCUT2D eigenvalue weighted by atomic mass is 10.3. The highest BCUT2D eigenvalue weighted by molar-refractivity contribution is 9.10. The molecule has 0 radical (unpaired) electrons. The van der Waals surface area contributed by atoms with Gasteiger partial charge in [0.15, 0.2) is 0 Å². The van der Waals surface area contributed by atoms with Crippen LogP contribution in [0.5, 0.6) is 0 Å². The molecule has 16 heavy (non-hydrogen) atoms. The summed E-state index contributed by atoms with van der Waals surface area (Å²) in [6, 6.07) is 4.82. The number of anilines is 1. The fourth-order valence-electron chi connectivity index (χ4n) is 1.31. The van der Waals surface area contributed by atoms with E-state index in [4.69, 9.17) is 0 Å². The van der Waals surface area contributed by atoms with Gasteiger partial charge in [0.05, 0.1) is 22.9 Å². The highest BCUT2D eigenvalue weighted by Gasteiger charge is 2.03. The second-order valence-corrected chi connectivity index (χ2v) is 5.31. The highest BCUT2D eigenvalue weighted by Crippen LogP contribution is 2.20. The highest BCUT2D eigenvalue weighted by atomic mass is 79.9. The van der Waals surface area contributed by atoms with Crippen molar-refractivity contribution < 1.29 is 4.39 Å². The van der Waals surface area contributed by atoms with Crippen LogP contribution in [0.25, 0.3) is 0 Å². The Morgan fingerprint density at radius 3 is 3.00 bits per heavy atom. The standard InChI is InChI=1S/C11H10BrFN2S/c1-7-15-9(6-16-7)5-14-11-4-8(12)2-3-10(11)13/h2-4,6,14H,5H2,1H3. The van der Waals surface area contributed by atoms with Gasteiger partial charge in [-0.1, -0.05) is 15.9 Å². The average Bonchev–Trinajstić information content (AvgIpc) is 2.66. The van der Waals surface area contributed by atoms with Crippen molar-refractivity contribution in [3.8, 4) is 0 Å². The normalized spacial score (nSPS) is 10.4. The molecule has 0 saturated carbocycles. The maximum atomic E-state index is 13.4. The quantitative estimate of drug-likeness (QED) is 0.928. The fourth-order valence-corrected chi connectivity index (χ4v) is 2.28. The Bertz CT molecular complexity index is 498. The van der Waals surface area contributed by atoms with E-state index in [0.717, 1.165) is 15.2 Å². The Morgan fingerprint density at radius 2 is 2.31 bits per heavy atom. The second-order valence-electron chi connectivity index (χ2n) is 3.34. The molecule has 0 aliphatic rings. The Balaban J connectivity index is 2.07. The van der Waals surface area contributed by atoms with Crippen molar-refractivity contribution in [2.24, 2.45) is 0 Å². The molecule has 0 aliphatic heterocycles. The van der Waals surface area contributed by atoms with Gasteiger partial charge in [0.1, 0.15) is 5.82 Å². The molecule has 2 nitrogen and oxygen atoms in total. The first-order valence-corrected chi connectivity index (χ1v) is 6.42. The van der Waals surface area contributed by atoms with E-state index in [9.17, 15) is 4.39 Å². The number of benzene rings is 1. The van der Waals surface area contributed by atoms with Crippen LogP contribution in [0.1, 0.15) is 10.7 Å². The summed E-state index contributed by atoms with van der Waals surface area (Å²) in [4.78, 5) is 4.30. The Kier molecular flexibility index (Phi) is 3.56. The number of hydrogen-bond donors (Lipinski definition) is 1. The van der Waals surface area contributed by atoms with E-state index in [1.807, 2.05) is 12.3 Å². The van der Waals surface area contributed by atoms with Gasteiger partial charge in [-0.25, -0.2) is 9.37 Å². The lowest BCUT2D eigenvalue weighted by molar-refractivity contribution is 0.629. The molecule has 0 saturated heterocycles. The number of nitrogens with zero attached hydrogens (tertiary/aromatic N) is 1. The monoisotopic (exact) mass is 300 g/mol. The number of thiazole rings is 1. The second kappa shape index (κ2) is 4.93. The third kappa shape index (κ3) is 2.80. The van der Waals surface area contributed by atoms with Crippen LogP contribution in [-0.4, -0.2) is 4.98 Å². The number of aromatic nitrogens is 1. The first-order valence-electron chi connectivity index (χ1n) is 4.75. The van der Waals surface area contributed by atoms with Crippen LogP contribution in [0.4, 0.5) is 10.1 Å². The molecule has 0 aliphatic carbocycles. The first kappa shape index (κ1) is 11.5. The van der Waals surface area contributed by atoms with E-state index in [0.29, 0.717) is 12.2 Å². The van der Waals surface area contributed by atoms with Crippen molar-refractivity contribution in [3.05, 3.63) is 44.6 Å². The predicted molar refractivity (Wildman–Crippen MR) is 68.3 cm³/mol. The fraction of sp³-hybridized carbons (Fsp3) is 0.182. The largest absolute Gasteiger partial charge is 0.377 e. The Labute approximate surface area is 106 Å². The summed E-state index contributed by atoms with van der Waals surface area (Å²) in [7, 11) is 0. The molecule has 1 aromatic carbocycles. The summed E-state index contributed by atoms with van der Waals surface area (Å²) in [5.41, 5.74) is 1.42. The van der Waals surface area contributed by atoms with Gasteiger partial charge in [-0.2, -0.15) is 0 Å². The van der Waals surface area contributed by atoms with Gasteiger partial charge in [0, 0.05) is 9.85 Å². The van der Waals surface area contributed by atoms with Crippen LogP contribution in [0.3, 0.4) is 0 Å². The van der Waals surface area contributed by atoms with E-state index >= 15 is 0 Å². The van der Waals surface area contributed by atoms with Gasteiger partial charge in [-0.05, 0) is 25.1 Å². The van der Waals surface area contributed by atoms with Crippen molar-refractivity contribution in [1.29, 1.82) is 0 Å². The molecule has 0 fully saturated rings. The van der Waals surface area contributed by atoms with Crippen LogP contribution in [0.15, 0.2) is 28.1 Å². The zero-order valence-electron chi connectivity index (χ0n) is 8.63. The van der Waals surface area contributed by atoms with E-state index in [1.54, 1.807) is 23.5 Å². The van der Waals surface area contributed by atoms with E-state index in [1.165, 1.54) is 6.07 Å². The zero-order valence-corrected chi connectivity index (χ0v) is 11.0. The lowest BCUT2D eigenvalue weighted by Gasteiger charge is -2.06. The molecule has 84 valence electrons. The van der Waals surface area contributed by atoms with E-state index < -0.39 is 0 Å². The summed E-state index contributed by atoms with van der Waals surface area (Å²) in [5.74, 6) is -0.254. The van der Waals surface area contributed by atoms with Gasteiger partial charge in [0.2, 0.25) is 0 Å². The molecular formula is C11H10BrFN2S. The van der Waals surface area contributed by atoms with Crippen LogP contribution in [0, 0.1) is 12.7 Å². The smallest absolute Gasteiger partial charge is 0.146 e. The lowest BCUT2D eigenvalue weighted by Crippen LogP contribution is -2.01. The van der Waals surface area contributed by atoms with Crippen molar-refractivity contribution in [3.63, 3.8) is 0 Å². The number of hydrogen-bond acceptors (Lipinski definition) is 3. The molecule has 0 spiro atoms. The Morgan fingerprint density at radius 1 is 1.50 bits per heavy atom. The van der Waals surface area contributed by atoms with Crippen LogP contribution >= 0.6 is 27.3 Å². The summed E-state index contributed by atoms with van der Waals surface area (Å²) >= 11 is 4.90. The van der Waals surface area contributed by atoms with E-state index in [2.05, 4.69) is 26.2 Å².